The van der Waals surface area contributed by atoms with E-state index >= 15 is 0 Å². The summed E-state index contributed by atoms with van der Waals surface area (Å²) in [4.78, 5) is 30.9. The van der Waals surface area contributed by atoms with Crippen molar-refractivity contribution in [2.75, 3.05) is 25.4 Å². The first-order valence-corrected chi connectivity index (χ1v) is 10.5. The van der Waals surface area contributed by atoms with E-state index in [2.05, 4.69) is 10.3 Å². The largest absolute Gasteiger partial charge is 0.356 e. The van der Waals surface area contributed by atoms with Gasteiger partial charge in [-0.15, -0.1) is 11.3 Å². The van der Waals surface area contributed by atoms with Crippen LogP contribution in [0.2, 0.25) is 0 Å². The normalized spacial score (nSPS) is 15.5. The Bertz CT molecular complexity index is 706. The Morgan fingerprint density at radius 3 is 2.80 bits per heavy atom. The maximum absolute atomic E-state index is 12.4. The number of amides is 2. The van der Waals surface area contributed by atoms with Gasteiger partial charge in [-0.25, -0.2) is 4.98 Å². The summed E-state index contributed by atoms with van der Waals surface area (Å²) < 4.78 is 2.08. The predicted molar refractivity (Wildman–Crippen MR) is 103 cm³/mol. The number of piperidine rings is 1. The van der Waals surface area contributed by atoms with E-state index in [-0.39, 0.29) is 17.7 Å². The first-order chi connectivity index (χ1) is 12.2. The standard InChI is InChI=1S/C18H23N3O2S2/c1-2-9-19-17(23)13-7-10-21(11-8-13)16(22)12-24-18-20-14-5-3-4-6-15(14)25-18/h3-6,13H,2,7-12H2,1H3,(H,19,23). The smallest absolute Gasteiger partial charge is 0.233 e. The first kappa shape index (κ1) is 18.2. The van der Waals surface area contributed by atoms with Crippen LogP contribution in [-0.2, 0) is 9.59 Å². The lowest BCUT2D eigenvalue weighted by atomic mass is 9.96. The van der Waals surface area contributed by atoms with E-state index in [0.717, 1.165) is 40.4 Å². The molecule has 1 aromatic heterocycles. The second-order valence-corrected chi connectivity index (χ2v) is 8.44. The van der Waals surface area contributed by atoms with Crippen LogP contribution in [0.3, 0.4) is 0 Å². The van der Waals surface area contributed by atoms with Crippen LogP contribution < -0.4 is 5.32 Å². The Labute approximate surface area is 156 Å². The highest BCUT2D eigenvalue weighted by Gasteiger charge is 2.27. The number of nitrogens with zero attached hydrogens (tertiary/aromatic N) is 2. The van der Waals surface area contributed by atoms with Crippen LogP contribution in [0, 0.1) is 5.92 Å². The van der Waals surface area contributed by atoms with Gasteiger partial charge >= 0.3 is 0 Å². The molecule has 1 saturated heterocycles. The Morgan fingerprint density at radius 2 is 2.08 bits per heavy atom. The number of thiazole rings is 1. The number of fused-ring (bicyclic) bond motifs is 1. The molecule has 25 heavy (non-hydrogen) atoms. The molecule has 0 unspecified atom stereocenters. The molecule has 1 aromatic carbocycles. The number of rotatable bonds is 6. The van der Waals surface area contributed by atoms with Gasteiger partial charge in [0.05, 0.1) is 16.0 Å². The average molecular weight is 378 g/mol. The number of carbonyl (C=O) groups excluding carboxylic acids is 2. The lowest BCUT2D eigenvalue weighted by Crippen LogP contribution is -2.43. The van der Waals surface area contributed by atoms with Crippen molar-refractivity contribution >= 4 is 45.1 Å². The third-order valence-corrected chi connectivity index (χ3v) is 6.53. The quantitative estimate of drug-likeness (QED) is 0.786. The molecule has 1 fully saturated rings. The summed E-state index contributed by atoms with van der Waals surface area (Å²) in [7, 11) is 0. The number of para-hydroxylation sites is 1. The van der Waals surface area contributed by atoms with Crippen LogP contribution in [0.25, 0.3) is 10.2 Å². The number of aromatic nitrogens is 1. The molecule has 0 atom stereocenters. The van der Waals surface area contributed by atoms with Gasteiger partial charge in [-0.2, -0.15) is 0 Å². The highest BCUT2D eigenvalue weighted by Crippen LogP contribution is 2.29. The van der Waals surface area contributed by atoms with E-state index in [1.165, 1.54) is 11.8 Å². The second-order valence-electron chi connectivity index (χ2n) is 6.18. The molecule has 7 heteroatoms. The molecule has 0 radical (unpaired) electrons. The molecule has 0 aliphatic carbocycles. The maximum atomic E-state index is 12.4. The van der Waals surface area contributed by atoms with E-state index in [4.69, 9.17) is 0 Å². The number of nitrogens with one attached hydrogen (secondary N) is 1. The Morgan fingerprint density at radius 1 is 1.32 bits per heavy atom. The lowest BCUT2D eigenvalue weighted by molar-refractivity contribution is -0.133. The maximum Gasteiger partial charge on any atom is 0.233 e. The topological polar surface area (TPSA) is 62.3 Å². The van der Waals surface area contributed by atoms with Crippen molar-refractivity contribution < 1.29 is 9.59 Å². The zero-order valence-corrected chi connectivity index (χ0v) is 16.0. The van der Waals surface area contributed by atoms with Gasteiger partial charge in [-0.05, 0) is 31.4 Å². The summed E-state index contributed by atoms with van der Waals surface area (Å²) in [5.41, 5.74) is 0.987. The minimum absolute atomic E-state index is 0.0486. The van der Waals surface area contributed by atoms with Crippen molar-refractivity contribution in [3.05, 3.63) is 24.3 Å². The SMILES string of the molecule is CCCNC(=O)C1CCN(C(=O)CSc2nc3ccccc3s2)CC1. The number of likely N-dealkylation sites (tertiary alicyclic amines) is 1. The van der Waals surface area contributed by atoms with Crippen LogP contribution >= 0.6 is 23.1 Å². The number of benzene rings is 1. The highest BCUT2D eigenvalue weighted by atomic mass is 32.2. The third-order valence-electron chi connectivity index (χ3n) is 4.36. The third kappa shape index (κ3) is 4.73. The van der Waals surface area contributed by atoms with Crippen molar-refractivity contribution in [3.8, 4) is 0 Å². The molecule has 2 amide bonds. The molecule has 0 spiro atoms. The fraction of sp³-hybridized carbons (Fsp3) is 0.500. The summed E-state index contributed by atoms with van der Waals surface area (Å²) in [6.07, 6.45) is 2.46. The summed E-state index contributed by atoms with van der Waals surface area (Å²) in [5, 5.41) is 2.95. The summed E-state index contributed by atoms with van der Waals surface area (Å²) in [6.45, 7) is 4.12. The molecule has 3 rings (SSSR count). The summed E-state index contributed by atoms with van der Waals surface area (Å²) in [5.74, 6) is 0.731. The van der Waals surface area contributed by atoms with E-state index < -0.39 is 0 Å². The molecule has 1 N–H and O–H groups in total. The Balaban J connectivity index is 1.45. The zero-order chi connectivity index (χ0) is 17.6. The minimum atomic E-state index is 0.0486. The summed E-state index contributed by atoms with van der Waals surface area (Å²) in [6, 6.07) is 8.02. The highest BCUT2D eigenvalue weighted by molar-refractivity contribution is 8.01. The lowest BCUT2D eigenvalue weighted by Gasteiger charge is -2.31. The number of thioether (sulfide) groups is 1. The first-order valence-electron chi connectivity index (χ1n) is 8.71. The van der Waals surface area contributed by atoms with Crippen molar-refractivity contribution in [2.45, 2.75) is 30.5 Å². The van der Waals surface area contributed by atoms with E-state index in [0.29, 0.717) is 18.8 Å². The van der Waals surface area contributed by atoms with Crippen LogP contribution in [-0.4, -0.2) is 47.1 Å². The predicted octanol–water partition coefficient (Wildman–Crippen LogP) is 3.15. The number of hydrogen-bond donors (Lipinski definition) is 1. The van der Waals surface area contributed by atoms with Gasteiger partial charge in [0.1, 0.15) is 0 Å². The number of carbonyl (C=O) groups is 2. The summed E-state index contributed by atoms with van der Waals surface area (Å²) >= 11 is 3.13. The van der Waals surface area contributed by atoms with Crippen LogP contribution in [0.1, 0.15) is 26.2 Å². The van der Waals surface area contributed by atoms with Crippen molar-refractivity contribution in [1.82, 2.24) is 15.2 Å². The molecular weight excluding hydrogens is 354 g/mol. The van der Waals surface area contributed by atoms with Gasteiger partial charge in [0.2, 0.25) is 11.8 Å². The fourth-order valence-corrected chi connectivity index (χ4v) is 4.88. The average Bonchev–Trinajstić information content (AvgIpc) is 3.07. The van der Waals surface area contributed by atoms with Gasteiger partial charge in [-0.1, -0.05) is 30.8 Å². The molecular formula is C18H23N3O2S2. The van der Waals surface area contributed by atoms with Gasteiger partial charge in [-0.3, -0.25) is 9.59 Å². The van der Waals surface area contributed by atoms with E-state index in [1.54, 1.807) is 11.3 Å². The molecule has 0 saturated carbocycles. The second kappa shape index (κ2) is 8.67. The molecule has 2 heterocycles. The van der Waals surface area contributed by atoms with E-state index in [1.807, 2.05) is 36.1 Å². The van der Waals surface area contributed by atoms with Gasteiger partial charge in [0, 0.05) is 25.6 Å². The van der Waals surface area contributed by atoms with Crippen molar-refractivity contribution in [2.24, 2.45) is 5.92 Å². The van der Waals surface area contributed by atoms with Crippen LogP contribution in [0.15, 0.2) is 28.6 Å². The monoisotopic (exact) mass is 377 g/mol. The van der Waals surface area contributed by atoms with Gasteiger partial charge in [0.25, 0.3) is 0 Å². The molecule has 0 bridgehead atoms. The Kier molecular flexibility index (Phi) is 6.31. The number of hydrogen-bond acceptors (Lipinski definition) is 5. The molecule has 134 valence electrons. The fourth-order valence-electron chi connectivity index (χ4n) is 2.91. The zero-order valence-electron chi connectivity index (χ0n) is 14.4. The molecule has 1 aliphatic rings. The molecule has 2 aromatic rings. The van der Waals surface area contributed by atoms with Crippen molar-refractivity contribution in [3.63, 3.8) is 0 Å². The molecule has 5 nitrogen and oxygen atoms in total. The van der Waals surface area contributed by atoms with Crippen molar-refractivity contribution in [1.29, 1.82) is 0 Å². The minimum Gasteiger partial charge on any atom is -0.356 e. The van der Waals surface area contributed by atoms with E-state index in [9.17, 15) is 9.59 Å². The van der Waals surface area contributed by atoms with Gasteiger partial charge < -0.3 is 10.2 Å². The Hall–Kier alpha value is -1.60. The molecule has 1 aliphatic heterocycles. The van der Waals surface area contributed by atoms with Crippen LogP contribution in [0.5, 0.6) is 0 Å². The van der Waals surface area contributed by atoms with Crippen LogP contribution in [0.4, 0.5) is 0 Å². The van der Waals surface area contributed by atoms with Gasteiger partial charge in [0.15, 0.2) is 4.34 Å².